The topological polar surface area (TPSA) is 60.9 Å². The van der Waals surface area contributed by atoms with E-state index < -0.39 is 28.0 Å². The highest BCUT2D eigenvalue weighted by Gasteiger charge is 2.33. The van der Waals surface area contributed by atoms with Crippen LogP contribution in [0, 0.1) is 0 Å². The quantitative estimate of drug-likeness (QED) is 0.806. The molecule has 2 atom stereocenters. The lowest BCUT2D eigenvalue weighted by atomic mass is 10.2. The molecule has 0 aromatic carbocycles. The zero-order valence-electron chi connectivity index (χ0n) is 13.6. The lowest BCUT2D eigenvalue weighted by molar-refractivity contribution is -0.141. The van der Waals surface area contributed by atoms with E-state index in [1.165, 1.54) is 17.4 Å². The minimum Gasteiger partial charge on any atom is -0.598 e. The highest BCUT2D eigenvalue weighted by Crippen LogP contribution is 2.33. The smallest absolute Gasteiger partial charge is 0.433 e. The van der Waals surface area contributed by atoms with Gasteiger partial charge in [-0.2, -0.15) is 13.2 Å². The summed E-state index contributed by atoms with van der Waals surface area (Å²) in [4.78, 5) is 8.33. The third kappa shape index (κ3) is 4.69. The SMILES string of the molecule is C[C@H](N[S@@+]([O-])C(C)(C)C)c1cnc(-c2ccnc(C(F)(F)F)c2)s1. The van der Waals surface area contributed by atoms with Crippen molar-refractivity contribution in [2.45, 2.75) is 44.7 Å². The number of hydrogen-bond acceptors (Lipinski definition) is 5. The lowest BCUT2D eigenvalue weighted by Crippen LogP contribution is -2.40. The molecule has 132 valence electrons. The Hall–Kier alpha value is -1.16. The Labute approximate surface area is 145 Å². The normalized spacial score (nSPS) is 15.3. The van der Waals surface area contributed by atoms with E-state index in [4.69, 9.17) is 0 Å². The Kier molecular flexibility index (Phi) is 5.58. The fraction of sp³-hybridized carbons (Fsp3) is 0.467. The summed E-state index contributed by atoms with van der Waals surface area (Å²) in [6.07, 6.45) is -1.78. The third-order valence-corrected chi connectivity index (χ3v) is 6.00. The number of rotatable bonds is 4. The van der Waals surface area contributed by atoms with Gasteiger partial charge in [-0.05, 0) is 39.8 Å². The molecule has 0 radical (unpaired) electrons. The van der Waals surface area contributed by atoms with Gasteiger partial charge in [-0.15, -0.1) is 16.1 Å². The highest BCUT2D eigenvalue weighted by atomic mass is 32.2. The molecule has 4 nitrogen and oxygen atoms in total. The van der Waals surface area contributed by atoms with Gasteiger partial charge < -0.3 is 4.55 Å². The fourth-order valence-corrected chi connectivity index (χ4v) is 3.53. The molecular formula is C15H18F3N3OS2. The van der Waals surface area contributed by atoms with E-state index in [-0.39, 0.29) is 6.04 Å². The van der Waals surface area contributed by atoms with Gasteiger partial charge in [0.05, 0.1) is 6.04 Å². The summed E-state index contributed by atoms with van der Waals surface area (Å²) in [6, 6.07) is 2.25. The van der Waals surface area contributed by atoms with Crippen LogP contribution in [-0.4, -0.2) is 19.3 Å². The van der Waals surface area contributed by atoms with Gasteiger partial charge in [-0.1, -0.05) is 0 Å². The van der Waals surface area contributed by atoms with E-state index in [2.05, 4.69) is 14.7 Å². The van der Waals surface area contributed by atoms with Crippen LogP contribution in [0.25, 0.3) is 10.6 Å². The van der Waals surface area contributed by atoms with Gasteiger partial charge in [-0.3, -0.25) is 4.98 Å². The molecular weight excluding hydrogens is 359 g/mol. The minimum absolute atomic E-state index is 0.222. The number of aromatic nitrogens is 2. The summed E-state index contributed by atoms with van der Waals surface area (Å²) >= 11 is 0.0144. The van der Waals surface area contributed by atoms with Gasteiger partial charge in [0.25, 0.3) is 0 Å². The number of hydrogen-bond donors (Lipinski definition) is 1. The van der Waals surface area contributed by atoms with Crippen molar-refractivity contribution >= 4 is 22.7 Å². The highest BCUT2D eigenvalue weighted by molar-refractivity contribution is 7.90. The zero-order valence-corrected chi connectivity index (χ0v) is 15.3. The Morgan fingerprint density at radius 3 is 2.50 bits per heavy atom. The predicted octanol–water partition coefficient (Wildman–Crippen LogP) is 4.34. The number of halogens is 3. The van der Waals surface area contributed by atoms with E-state index >= 15 is 0 Å². The Morgan fingerprint density at radius 2 is 1.92 bits per heavy atom. The fourth-order valence-electron chi connectivity index (χ4n) is 1.73. The molecule has 0 aliphatic carbocycles. The summed E-state index contributed by atoms with van der Waals surface area (Å²) in [5.74, 6) is 0. The predicted molar refractivity (Wildman–Crippen MR) is 89.8 cm³/mol. The van der Waals surface area contributed by atoms with Crippen LogP contribution in [0.3, 0.4) is 0 Å². The van der Waals surface area contributed by atoms with Crippen molar-refractivity contribution in [1.82, 2.24) is 14.7 Å². The van der Waals surface area contributed by atoms with Gasteiger partial charge >= 0.3 is 6.18 Å². The molecule has 0 aliphatic heterocycles. The first-order valence-electron chi connectivity index (χ1n) is 7.16. The Balaban J connectivity index is 2.19. The molecule has 9 heteroatoms. The number of nitrogens with one attached hydrogen (secondary N) is 1. The molecule has 2 heterocycles. The maximum atomic E-state index is 12.7. The molecule has 0 unspecified atom stereocenters. The summed E-state index contributed by atoms with van der Waals surface area (Å²) < 4.78 is 53.0. The van der Waals surface area contributed by atoms with Crippen molar-refractivity contribution in [1.29, 1.82) is 0 Å². The van der Waals surface area contributed by atoms with E-state index in [0.717, 1.165) is 17.1 Å². The maximum Gasteiger partial charge on any atom is 0.433 e. The first kappa shape index (κ1) is 19.2. The molecule has 24 heavy (non-hydrogen) atoms. The molecule has 0 bridgehead atoms. The molecule has 0 fully saturated rings. The summed E-state index contributed by atoms with van der Waals surface area (Å²) in [5.41, 5.74) is -0.588. The Morgan fingerprint density at radius 1 is 1.25 bits per heavy atom. The van der Waals surface area contributed by atoms with Crippen molar-refractivity contribution in [2.75, 3.05) is 0 Å². The molecule has 0 saturated heterocycles. The van der Waals surface area contributed by atoms with Crippen LogP contribution in [0.4, 0.5) is 13.2 Å². The second-order valence-electron chi connectivity index (χ2n) is 6.22. The van der Waals surface area contributed by atoms with E-state index in [9.17, 15) is 17.7 Å². The first-order valence-corrected chi connectivity index (χ1v) is 9.12. The Bertz CT molecular complexity index is 698. The molecule has 0 saturated carbocycles. The summed E-state index contributed by atoms with van der Waals surface area (Å²) in [7, 11) is 0. The monoisotopic (exact) mass is 377 g/mol. The molecule has 2 aromatic rings. The van der Waals surface area contributed by atoms with Crippen LogP contribution in [-0.2, 0) is 17.5 Å². The van der Waals surface area contributed by atoms with Gasteiger partial charge in [0, 0.05) is 34.2 Å². The number of alkyl halides is 3. The average Bonchev–Trinajstić information content (AvgIpc) is 2.95. The molecule has 0 amide bonds. The van der Waals surface area contributed by atoms with Crippen molar-refractivity contribution in [2.24, 2.45) is 0 Å². The van der Waals surface area contributed by atoms with Gasteiger partial charge in [-0.25, -0.2) is 4.98 Å². The molecule has 2 aromatic heterocycles. The largest absolute Gasteiger partial charge is 0.598 e. The average molecular weight is 377 g/mol. The minimum atomic E-state index is -4.49. The van der Waals surface area contributed by atoms with Crippen molar-refractivity contribution in [3.05, 3.63) is 35.1 Å². The zero-order chi connectivity index (χ0) is 18.1. The standard InChI is InChI=1S/C15H18F3N3OS2/c1-9(21-24(22)14(2,3)4)11-8-20-13(23-11)10-5-6-19-12(7-10)15(16,17)18/h5-9,21H,1-4H3/t9-,24-/m0/s1. The summed E-state index contributed by atoms with van der Waals surface area (Å²) in [6.45, 7) is 7.42. The third-order valence-electron chi connectivity index (χ3n) is 3.09. The van der Waals surface area contributed by atoms with Crippen LogP contribution in [0.15, 0.2) is 24.5 Å². The number of thiazole rings is 1. The number of pyridine rings is 1. The molecule has 1 N–H and O–H groups in total. The number of nitrogens with zero attached hydrogens (tertiary/aromatic N) is 2. The van der Waals surface area contributed by atoms with E-state index in [0.29, 0.717) is 10.6 Å². The van der Waals surface area contributed by atoms with Gasteiger partial charge in [0.2, 0.25) is 0 Å². The van der Waals surface area contributed by atoms with Crippen molar-refractivity contribution in [3.8, 4) is 10.6 Å². The lowest BCUT2D eigenvalue weighted by Gasteiger charge is -2.25. The van der Waals surface area contributed by atoms with Gasteiger partial charge in [0.1, 0.15) is 15.4 Å². The summed E-state index contributed by atoms with van der Waals surface area (Å²) in [5, 5.41) is 0.466. The molecule has 0 spiro atoms. The van der Waals surface area contributed by atoms with Crippen LogP contribution in [0.5, 0.6) is 0 Å². The van der Waals surface area contributed by atoms with Gasteiger partial charge in [0.15, 0.2) is 0 Å². The van der Waals surface area contributed by atoms with Crippen LogP contribution >= 0.6 is 11.3 Å². The molecule has 0 aliphatic rings. The van der Waals surface area contributed by atoms with Crippen LogP contribution in [0.2, 0.25) is 0 Å². The van der Waals surface area contributed by atoms with Crippen molar-refractivity contribution in [3.63, 3.8) is 0 Å². The first-order chi connectivity index (χ1) is 11.0. The second-order valence-corrected chi connectivity index (χ2v) is 9.28. The van der Waals surface area contributed by atoms with Crippen LogP contribution < -0.4 is 4.72 Å². The van der Waals surface area contributed by atoms with Crippen LogP contribution in [0.1, 0.15) is 44.3 Å². The molecule has 2 rings (SSSR count). The maximum absolute atomic E-state index is 12.7. The second kappa shape index (κ2) is 6.99. The van der Waals surface area contributed by atoms with E-state index in [1.54, 1.807) is 6.20 Å². The van der Waals surface area contributed by atoms with E-state index in [1.807, 2.05) is 27.7 Å². The van der Waals surface area contributed by atoms with Crippen molar-refractivity contribution < 1.29 is 17.7 Å².